The predicted molar refractivity (Wildman–Crippen MR) is 99.0 cm³/mol. The van der Waals surface area contributed by atoms with Crippen LogP contribution in [0.25, 0.3) is 0 Å². The summed E-state index contributed by atoms with van der Waals surface area (Å²) in [6, 6.07) is 13.1. The fourth-order valence-electron chi connectivity index (χ4n) is 2.15. The van der Waals surface area contributed by atoms with Crippen LogP contribution in [0, 0.1) is 0 Å². The summed E-state index contributed by atoms with van der Waals surface area (Å²) in [5, 5.41) is 2.83. The highest BCUT2D eigenvalue weighted by atomic mass is 35.5. The van der Waals surface area contributed by atoms with Gasteiger partial charge in [0.25, 0.3) is 0 Å². The van der Waals surface area contributed by atoms with Gasteiger partial charge in [-0.2, -0.15) is 0 Å². The molecule has 0 heterocycles. The van der Waals surface area contributed by atoms with E-state index < -0.39 is 9.84 Å². The molecule has 0 saturated carbocycles. The molecule has 0 aliphatic rings. The average Bonchev–Trinajstić information content (AvgIpc) is 2.55. The van der Waals surface area contributed by atoms with Crippen molar-refractivity contribution in [2.75, 3.05) is 11.1 Å². The fraction of sp³-hybridized carbons (Fsp3) is 0.278. The number of ether oxygens (including phenoxy) is 1. The molecule has 0 saturated heterocycles. The maximum Gasteiger partial charge on any atom is 0.225 e. The number of carbonyl (C=O) groups excluding carboxylic acids is 1. The monoisotopic (exact) mass is 381 g/mol. The maximum atomic E-state index is 12.3. The smallest absolute Gasteiger partial charge is 0.225 e. The lowest BCUT2D eigenvalue weighted by Gasteiger charge is -2.11. The molecule has 0 aliphatic carbocycles. The average molecular weight is 382 g/mol. The van der Waals surface area contributed by atoms with Gasteiger partial charge < -0.3 is 10.1 Å². The molecule has 0 aliphatic heterocycles. The highest BCUT2D eigenvalue weighted by molar-refractivity contribution is 7.91. The van der Waals surface area contributed by atoms with Crippen LogP contribution in [0.4, 0.5) is 5.69 Å². The second kappa shape index (κ2) is 8.36. The molecule has 5 nitrogen and oxygen atoms in total. The van der Waals surface area contributed by atoms with Gasteiger partial charge in [0.1, 0.15) is 5.75 Å². The number of hydrogen-bond acceptors (Lipinski definition) is 4. The molecular weight excluding hydrogens is 362 g/mol. The predicted octanol–water partition coefficient (Wildman–Crippen LogP) is 3.93. The van der Waals surface area contributed by atoms with Crippen molar-refractivity contribution in [2.24, 2.45) is 0 Å². The van der Waals surface area contributed by atoms with Gasteiger partial charge in [0, 0.05) is 12.1 Å². The van der Waals surface area contributed by atoms with Crippen LogP contribution in [0.2, 0.25) is 5.02 Å². The summed E-state index contributed by atoms with van der Waals surface area (Å²) in [5.41, 5.74) is 0.580. The number of carbonyl (C=O) groups is 1. The van der Waals surface area contributed by atoms with Crippen LogP contribution in [0.5, 0.6) is 5.75 Å². The first-order valence-corrected chi connectivity index (χ1v) is 9.85. The minimum absolute atomic E-state index is 0.0413. The molecule has 0 atom stereocenters. The van der Waals surface area contributed by atoms with Crippen LogP contribution in [0.1, 0.15) is 20.3 Å². The van der Waals surface area contributed by atoms with E-state index in [0.29, 0.717) is 11.4 Å². The van der Waals surface area contributed by atoms with Crippen LogP contribution < -0.4 is 10.1 Å². The first-order chi connectivity index (χ1) is 11.8. The van der Waals surface area contributed by atoms with Crippen LogP contribution in [0.15, 0.2) is 53.4 Å². The molecule has 2 aromatic carbocycles. The molecule has 0 bridgehead atoms. The Hall–Kier alpha value is -2.05. The van der Waals surface area contributed by atoms with Gasteiger partial charge in [-0.25, -0.2) is 8.42 Å². The summed E-state index contributed by atoms with van der Waals surface area (Å²) in [7, 11) is -3.61. The Morgan fingerprint density at radius 2 is 1.76 bits per heavy atom. The summed E-state index contributed by atoms with van der Waals surface area (Å²) >= 11 is 5.91. The molecule has 2 aromatic rings. The quantitative estimate of drug-likeness (QED) is 0.788. The van der Waals surface area contributed by atoms with Crippen molar-refractivity contribution in [3.63, 3.8) is 0 Å². The number of anilines is 1. The van der Waals surface area contributed by atoms with Gasteiger partial charge in [-0.15, -0.1) is 0 Å². The minimum atomic E-state index is -3.61. The van der Waals surface area contributed by atoms with Crippen LogP contribution in [-0.2, 0) is 14.6 Å². The minimum Gasteiger partial charge on any atom is -0.491 e. The van der Waals surface area contributed by atoms with Crippen LogP contribution in [-0.4, -0.2) is 26.2 Å². The lowest BCUT2D eigenvalue weighted by Crippen LogP contribution is -2.17. The molecule has 25 heavy (non-hydrogen) atoms. The zero-order valence-corrected chi connectivity index (χ0v) is 15.6. The molecule has 0 aromatic heterocycles. The summed E-state index contributed by atoms with van der Waals surface area (Å²) in [6.07, 6.45) is -0.0897. The third kappa shape index (κ3) is 5.76. The standard InChI is InChI=1S/C18H20ClNO4S/c1-13(2)24-15-9-7-14(8-10-15)20-18(21)11-12-25(22,23)17-6-4-3-5-16(17)19/h3-10,13H,11-12H2,1-2H3,(H,20,21). The van der Waals surface area contributed by atoms with Crippen molar-refractivity contribution in [1.29, 1.82) is 0 Å². The second-order valence-corrected chi connectivity index (χ2v) is 8.22. The molecule has 1 amide bonds. The van der Waals surface area contributed by atoms with Gasteiger partial charge >= 0.3 is 0 Å². The third-order valence-electron chi connectivity index (χ3n) is 3.28. The summed E-state index contributed by atoms with van der Waals surface area (Å²) in [4.78, 5) is 12.0. The van der Waals surface area contributed by atoms with Crippen LogP contribution in [0.3, 0.4) is 0 Å². The van der Waals surface area contributed by atoms with Crippen molar-refractivity contribution in [3.8, 4) is 5.75 Å². The molecule has 0 unspecified atom stereocenters. The summed E-state index contributed by atoms with van der Waals surface area (Å²) < 4.78 is 30.1. The van der Waals surface area contributed by atoms with Gasteiger partial charge in [0.15, 0.2) is 9.84 Å². The first-order valence-electron chi connectivity index (χ1n) is 7.82. The van der Waals surface area contributed by atoms with Crippen molar-refractivity contribution in [1.82, 2.24) is 0 Å². The molecule has 1 N–H and O–H groups in total. The normalized spacial score (nSPS) is 11.4. The fourth-order valence-corrected chi connectivity index (χ4v) is 3.96. The number of hydrogen-bond donors (Lipinski definition) is 1. The molecule has 0 radical (unpaired) electrons. The Morgan fingerprint density at radius 1 is 1.12 bits per heavy atom. The second-order valence-electron chi connectivity index (χ2n) is 5.74. The molecule has 2 rings (SSSR count). The highest BCUT2D eigenvalue weighted by Gasteiger charge is 2.19. The molecule has 7 heteroatoms. The zero-order valence-electron chi connectivity index (χ0n) is 14.0. The number of rotatable bonds is 7. The topological polar surface area (TPSA) is 72.5 Å². The van der Waals surface area contributed by atoms with Crippen LogP contribution >= 0.6 is 11.6 Å². The highest BCUT2D eigenvalue weighted by Crippen LogP contribution is 2.22. The van der Waals surface area contributed by atoms with E-state index in [1.807, 2.05) is 13.8 Å². The number of nitrogens with one attached hydrogen (secondary N) is 1. The molecule has 134 valence electrons. The lowest BCUT2D eigenvalue weighted by atomic mass is 10.3. The van der Waals surface area contributed by atoms with Gasteiger partial charge in [-0.1, -0.05) is 23.7 Å². The number of sulfone groups is 1. The third-order valence-corrected chi connectivity index (χ3v) is 5.49. The van der Waals surface area contributed by atoms with E-state index in [2.05, 4.69) is 5.32 Å². The van der Waals surface area contributed by atoms with E-state index in [4.69, 9.17) is 16.3 Å². The van der Waals surface area contributed by atoms with Crippen molar-refractivity contribution in [3.05, 3.63) is 53.6 Å². The van der Waals surface area contributed by atoms with E-state index in [1.54, 1.807) is 36.4 Å². The van der Waals surface area contributed by atoms with Crippen molar-refractivity contribution < 1.29 is 17.9 Å². The van der Waals surface area contributed by atoms with Gasteiger partial charge in [0.2, 0.25) is 5.91 Å². The largest absolute Gasteiger partial charge is 0.491 e. The zero-order chi connectivity index (χ0) is 18.4. The number of benzene rings is 2. The Labute approximate surface area is 152 Å². The molecular formula is C18H20ClNO4S. The number of amides is 1. The van der Waals surface area contributed by atoms with Gasteiger partial charge in [-0.3, -0.25) is 4.79 Å². The van der Waals surface area contributed by atoms with E-state index in [1.165, 1.54) is 12.1 Å². The van der Waals surface area contributed by atoms with Crippen molar-refractivity contribution in [2.45, 2.75) is 31.3 Å². The first kappa shape index (κ1) is 19.3. The van der Waals surface area contributed by atoms with Gasteiger partial charge in [0.05, 0.1) is 21.8 Å². The van der Waals surface area contributed by atoms with E-state index in [0.717, 1.165) is 0 Å². The Bertz CT molecular complexity index is 832. The van der Waals surface area contributed by atoms with E-state index in [9.17, 15) is 13.2 Å². The lowest BCUT2D eigenvalue weighted by molar-refractivity contribution is -0.115. The summed E-state index contributed by atoms with van der Waals surface area (Å²) in [6.45, 7) is 3.85. The SMILES string of the molecule is CC(C)Oc1ccc(NC(=O)CCS(=O)(=O)c2ccccc2Cl)cc1. The Kier molecular flexibility index (Phi) is 6.45. The Morgan fingerprint density at radius 3 is 2.36 bits per heavy atom. The van der Waals surface area contributed by atoms with E-state index >= 15 is 0 Å². The van der Waals surface area contributed by atoms with Gasteiger partial charge in [-0.05, 0) is 50.2 Å². The summed E-state index contributed by atoms with van der Waals surface area (Å²) in [5.74, 6) is 0.0133. The van der Waals surface area contributed by atoms with Crippen molar-refractivity contribution >= 4 is 33.0 Å². The Balaban J connectivity index is 1.93. The number of halogens is 1. The molecule has 0 spiro atoms. The molecule has 0 fully saturated rings. The van der Waals surface area contributed by atoms with E-state index in [-0.39, 0.29) is 34.1 Å². The maximum absolute atomic E-state index is 12.3.